The van der Waals surface area contributed by atoms with Crippen LogP contribution in [0.15, 0.2) is 0 Å². The molecular formula is C6H8NO6-. The molecule has 7 nitrogen and oxygen atoms in total. The van der Waals surface area contributed by atoms with Crippen LogP contribution in [-0.2, 0) is 9.59 Å². The number of nitrogens with one attached hydrogen (secondary N) is 1. The van der Waals surface area contributed by atoms with Crippen molar-refractivity contribution in [2.75, 3.05) is 0 Å². The van der Waals surface area contributed by atoms with Gasteiger partial charge in [-0.3, -0.25) is 4.79 Å². The van der Waals surface area contributed by atoms with E-state index in [0.29, 0.717) is 0 Å². The maximum absolute atomic E-state index is 10.7. The Bertz CT molecular complexity index is 241. The van der Waals surface area contributed by atoms with Crippen LogP contribution in [0.2, 0.25) is 0 Å². The molecule has 0 bridgehead atoms. The van der Waals surface area contributed by atoms with E-state index in [9.17, 15) is 14.7 Å². The van der Waals surface area contributed by atoms with Crippen LogP contribution in [0.25, 0.3) is 0 Å². The molecule has 1 aliphatic heterocycles. The van der Waals surface area contributed by atoms with Gasteiger partial charge in [0.1, 0.15) is 12.2 Å². The smallest absolute Gasteiger partial charge is 0.252 e. The summed E-state index contributed by atoms with van der Waals surface area (Å²) in [6.45, 7) is 0. The molecule has 0 aromatic heterocycles. The number of aliphatic hydroxyl groups is 3. The SMILES string of the molecule is O=C([O-])[C@H]1NC(=O)[C@H](O)[C@@H](O)[C@@H]1O. The second kappa shape index (κ2) is 3.29. The number of rotatable bonds is 1. The predicted octanol–water partition coefficient (Wildman–Crippen LogP) is -4.68. The van der Waals surface area contributed by atoms with Crippen molar-refractivity contribution in [3.05, 3.63) is 0 Å². The largest absolute Gasteiger partial charge is 0.548 e. The highest BCUT2D eigenvalue weighted by Crippen LogP contribution is 2.10. The molecule has 1 rings (SSSR count). The highest BCUT2D eigenvalue weighted by atomic mass is 16.4. The van der Waals surface area contributed by atoms with Crippen LogP contribution in [-0.4, -0.2) is 51.5 Å². The molecule has 1 heterocycles. The molecule has 0 spiro atoms. The molecule has 0 radical (unpaired) electrons. The van der Waals surface area contributed by atoms with E-state index in [4.69, 9.17) is 15.3 Å². The Morgan fingerprint density at radius 3 is 2.31 bits per heavy atom. The summed E-state index contributed by atoms with van der Waals surface area (Å²) in [5.41, 5.74) is 0. The predicted molar refractivity (Wildman–Crippen MR) is 35.0 cm³/mol. The molecular weight excluding hydrogens is 182 g/mol. The average Bonchev–Trinajstić information content (AvgIpc) is 2.07. The number of hydrogen-bond acceptors (Lipinski definition) is 6. The lowest BCUT2D eigenvalue weighted by molar-refractivity contribution is -0.312. The fourth-order valence-electron chi connectivity index (χ4n) is 1.06. The topological polar surface area (TPSA) is 130 Å². The van der Waals surface area contributed by atoms with Gasteiger partial charge in [-0.1, -0.05) is 0 Å². The third-order valence-electron chi connectivity index (χ3n) is 1.84. The molecule has 74 valence electrons. The van der Waals surface area contributed by atoms with Crippen LogP contribution in [0, 0.1) is 0 Å². The van der Waals surface area contributed by atoms with Crippen molar-refractivity contribution < 1.29 is 30.0 Å². The van der Waals surface area contributed by atoms with Gasteiger partial charge in [-0.15, -0.1) is 0 Å². The zero-order valence-electron chi connectivity index (χ0n) is 6.38. The molecule has 4 N–H and O–H groups in total. The number of hydrogen-bond donors (Lipinski definition) is 4. The number of carboxylic acid groups (broad SMARTS) is 1. The number of carbonyl (C=O) groups is 2. The zero-order chi connectivity index (χ0) is 10.2. The molecule has 0 unspecified atom stereocenters. The second-order valence-electron chi connectivity index (χ2n) is 2.73. The van der Waals surface area contributed by atoms with Gasteiger partial charge < -0.3 is 30.5 Å². The minimum atomic E-state index is -1.81. The molecule has 0 aliphatic carbocycles. The quantitative estimate of drug-likeness (QED) is 0.329. The first-order valence-corrected chi connectivity index (χ1v) is 3.50. The second-order valence-corrected chi connectivity index (χ2v) is 2.73. The van der Waals surface area contributed by atoms with Crippen LogP contribution in [0.3, 0.4) is 0 Å². The fraction of sp³-hybridized carbons (Fsp3) is 0.667. The Balaban J connectivity index is 2.82. The molecule has 1 saturated heterocycles. The van der Waals surface area contributed by atoms with E-state index in [2.05, 4.69) is 0 Å². The molecule has 7 heteroatoms. The summed E-state index contributed by atoms with van der Waals surface area (Å²) in [5, 5.41) is 39.0. The van der Waals surface area contributed by atoms with Crippen molar-refractivity contribution in [1.29, 1.82) is 0 Å². The van der Waals surface area contributed by atoms with Crippen LogP contribution in [0.5, 0.6) is 0 Å². The van der Waals surface area contributed by atoms with E-state index in [-0.39, 0.29) is 0 Å². The van der Waals surface area contributed by atoms with Crippen molar-refractivity contribution in [3.8, 4) is 0 Å². The summed E-state index contributed by atoms with van der Waals surface area (Å²) in [6, 6.07) is -1.69. The Kier molecular flexibility index (Phi) is 2.50. The maximum Gasteiger partial charge on any atom is 0.252 e. The Labute approximate surface area is 72.6 Å². The van der Waals surface area contributed by atoms with Crippen LogP contribution in [0.1, 0.15) is 0 Å². The number of aliphatic hydroxyl groups excluding tert-OH is 3. The van der Waals surface area contributed by atoms with E-state index in [1.165, 1.54) is 0 Å². The van der Waals surface area contributed by atoms with Crippen molar-refractivity contribution in [1.82, 2.24) is 5.32 Å². The van der Waals surface area contributed by atoms with Gasteiger partial charge >= 0.3 is 0 Å². The molecule has 0 aromatic carbocycles. The summed E-state index contributed by atoms with van der Waals surface area (Å²) >= 11 is 0. The molecule has 1 fully saturated rings. The van der Waals surface area contributed by atoms with Gasteiger partial charge in [0.05, 0.1) is 12.0 Å². The number of carboxylic acids is 1. The van der Waals surface area contributed by atoms with Gasteiger partial charge in [0, 0.05) is 0 Å². The van der Waals surface area contributed by atoms with E-state index >= 15 is 0 Å². The molecule has 0 aromatic rings. The fourth-order valence-corrected chi connectivity index (χ4v) is 1.06. The van der Waals surface area contributed by atoms with E-state index in [1.54, 1.807) is 5.32 Å². The number of aliphatic carboxylic acids is 1. The van der Waals surface area contributed by atoms with E-state index in [0.717, 1.165) is 0 Å². The van der Waals surface area contributed by atoms with Gasteiger partial charge in [-0.05, 0) is 0 Å². The molecule has 0 saturated carbocycles. The van der Waals surface area contributed by atoms with Gasteiger partial charge in [0.15, 0.2) is 6.10 Å². The first-order valence-electron chi connectivity index (χ1n) is 3.50. The number of carbonyl (C=O) groups excluding carboxylic acids is 2. The Hall–Kier alpha value is -1.18. The molecule has 13 heavy (non-hydrogen) atoms. The lowest BCUT2D eigenvalue weighted by atomic mass is 9.96. The average molecular weight is 190 g/mol. The first kappa shape index (κ1) is 9.90. The van der Waals surface area contributed by atoms with Crippen molar-refractivity contribution >= 4 is 11.9 Å². The normalized spacial score (nSPS) is 39.8. The van der Waals surface area contributed by atoms with Gasteiger partial charge in [-0.2, -0.15) is 0 Å². The van der Waals surface area contributed by atoms with Crippen LogP contribution in [0.4, 0.5) is 0 Å². The third-order valence-corrected chi connectivity index (χ3v) is 1.84. The molecule has 1 amide bonds. The lowest BCUT2D eigenvalue weighted by Crippen LogP contribution is -2.67. The van der Waals surface area contributed by atoms with Gasteiger partial charge in [-0.25, -0.2) is 0 Å². The lowest BCUT2D eigenvalue weighted by Gasteiger charge is -2.35. The highest BCUT2D eigenvalue weighted by Gasteiger charge is 2.41. The van der Waals surface area contributed by atoms with Crippen LogP contribution >= 0.6 is 0 Å². The molecule has 4 atom stereocenters. The summed E-state index contributed by atoms with van der Waals surface area (Å²) in [7, 11) is 0. The minimum Gasteiger partial charge on any atom is -0.548 e. The summed E-state index contributed by atoms with van der Waals surface area (Å²) in [4.78, 5) is 21.0. The van der Waals surface area contributed by atoms with Gasteiger partial charge in [0.2, 0.25) is 0 Å². The molecule has 1 aliphatic rings. The van der Waals surface area contributed by atoms with Crippen molar-refractivity contribution in [2.45, 2.75) is 24.4 Å². The standard InChI is InChI=1S/C6H9NO6/c8-2-1(6(12)13)7-5(11)4(10)3(2)9/h1-4,8-10H,(H,7,11)(H,12,13)/p-1/t1-,2+,3-,4+/m0/s1. The van der Waals surface area contributed by atoms with E-state index in [1.807, 2.05) is 0 Å². The monoisotopic (exact) mass is 190 g/mol. The summed E-state index contributed by atoms with van der Waals surface area (Å²) in [5.74, 6) is -2.76. The van der Waals surface area contributed by atoms with Crippen molar-refractivity contribution in [2.24, 2.45) is 0 Å². The Morgan fingerprint density at radius 2 is 1.85 bits per heavy atom. The first-order chi connectivity index (χ1) is 5.95. The van der Waals surface area contributed by atoms with Gasteiger partial charge in [0.25, 0.3) is 5.91 Å². The zero-order valence-corrected chi connectivity index (χ0v) is 6.38. The summed E-state index contributed by atoms with van der Waals surface area (Å²) < 4.78 is 0. The summed E-state index contributed by atoms with van der Waals surface area (Å²) in [6.07, 6.45) is -5.39. The van der Waals surface area contributed by atoms with E-state index < -0.39 is 36.2 Å². The number of amides is 1. The highest BCUT2D eigenvalue weighted by molar-refractivity contribution is 5.88. The van der Waals surface area contributed by atoms with Crippen LogP contribution < -0.4 is 10.4 Å². The van der Waals surface area contributed by atoms with Crippen molar-refractivity contribution in [3.63, 3.8) is 0 Å². The minimum absolute atomic E-state index is 1.05. The third kappa shape index (κ3) is 1.62. The Morgan fingerprint density at radius 1 is 1.31 bits per heavy atom. The maximum atomic E-state index is 10.7. The number of piperidine rings is 1.